The first-order valence-electron chi connectivity index (χ1n) is 4.57. The van der Waals surface area contributed by atoms with Gasteiger partial charge in [0.25, 0.3) is 0 Å². The van der Waals surface area contributed by atoms with Crippen LogP contribution in [0.4, 0.5) is 0 Å². The summed E-state index contributed by atoms with van der Waals surface area (Å²) in [4.78, 5) is 0. The van der Waals surface area contributed by atoms with E-state index in [1.54, 1.807) is 6.07 Å². The molecule has 2 aromatic carbocycles. The molecule has 0 aliphatic heterocycles. The summed E-state index contributed by atoms with van der Waals surface area (Å²) >= 11 is 5.93. The molecule has 2 aromatic rings. The van der Waals surface area contributed by atoms with Gasteiger partial charge in [0.1, 0.15) is 0 Å². The Hall–Kier alpha value is -1.27. The van der Waals surface area contributed by atoms with Crippen molar-refractivity contribution in [2.45, 2.75) is 0 Å². The highest BCUT2D eigenvalue weighted by atomic mass is 35.5. The van der Waals surface area contributed by atoms with Crippen molar-refractivity contribution in [3.63, 3.8) is 0 Å². The Morgan fingerprint density at radius 2 is 1.40 bits per heavy atom. The zero-order chi connectivity index (χ0) is 10.8. The first kappa shape index (κ1) is 10.3. The van der Waals surface area contributed by atoms with Gasteiger partial charge in [0.05, 0.1) is 0 Å². The van der Waals surface area contributed by atoms with Gasteiger partial charge in [-0.05, 0) is 48.2 Å². The van der Waals surface area contributed by atoms with E-state index in [0.29, 0.717) is 10.6 Å². The minimum absolute atomic E-state index is 0.641. The summed E-state index contributed by atoms with van der Waals surface area (Å²) < 4.78 is 0. The highest BCUT2D eigenvalue weighted by molar-refractivity contribution is 6.31. The van der Waals surface area contributed by atoms with Crippen LogP contribution in [0.5, 0.6) is 0 Å². The predicted molar refractivity (Wildman–Crippen MR) is 63.7 cm³/mol. The molecule has 0 nitrogen and oxygen atoms in total. The molecule has 0 saturated heterocycles. The molecular formula is C14H9Cl. The molecule has 0 aromatic heterocycles. The minimum atomic E-state index is 0.641. The third-order valence-corrected chi connectivity index (χ3v) is 2.38. The summed E-state index contributed by atoms with van der Waals surface area (Å²) in [6.45, 7) is 11.3. The number of hydrogen-bond acceptors (Lipinski definition) is 0. The summed E-state index contributed by atoms with van der Waals surface area (Å²) in [6, 6.07) is 13.1. The number of benzene rings is 2. The summed E-state index contributed by atoms with van der Waals surface area (Å²) in [5.74, 6) is 0. The second-order valence-corrected chi connectivity index (χ2v) is 3.83. The molecule has 0 bridgehead atoms. The average molecular weight is 213 g/mol. The lowest BCUT2D eigenvalue weighted by molar-refractivity contribution is 1.55. The topological polar surface area (TPSA) is 0 Å². The Morgan fingerprint density at radius 1 is 0.733 bits per heavy atom. The highest BCUT2D eigenvalue weighted by Gasteiger charge is 1.99. The molecule has 15 heavy (non-hydrogen) atoms. The van der Waals surface area contributed by atoms with E-state index in [-0.39, 0.29) is 0 Å². The van der Waals surface area contributed by atoms with E-state index in [1.807, 2.05) is 36.4 Å². The number of halogens is 1. The van der Waals surface area contributed by atoms with Gasteiger partial charge < -0.3 is 0 Å². The maximum atomic E-state index is 5.93. The molecule has 0 heterocycles. The van der Waals surface area contributed by atoms with Gasteiger partial charge in [-0.2, -0.15) is 0 Å². The Morgan fingerprint density at radius 3 is 2.00 bits per heavy atom. The summed E-state index contributed by atoms with van der Waals surface area (Å²) in [5.41, 5.74) is 3.46. The number of hydrogen-bond donors (Lipinski definition) is 0. The van der Waals surface area contributed by atoms with Crippen LogP contribution in [-0.4, -0.2) is 0 Å². The van der Waals surface area contributed by atoms with Crippen LogP contribution in [0.25, 0.3) is 11.1 Å². The molecule has 0 fully saturated rings. The van der Waals surface area contributed by atoms with Crippen molar-refractivity contribution in [3.8, 4) is 11.1 Å². The fourth-order valence-electron chi connectivity index (χ4n) is 1.45. The average Bonchev–Trinajstić information content (AvgIpc) is 2.17. The van der Waals surface area contributed by atoms with E-state index in [0.717, 1.165) is 16.7 Å². The van der Waals surface area contributed by atoms with Gasteiger partial charge in [-0.3, -0.25) is 0 Å². The van der Waals surface area contributed by atoms with E-state index in [4.69, 9.17) is 25.4 Å². The third-order valence-electron chi connectivity index (χ3n) is 2.16. The van der Waals surface area contributed by atoms with E-state index < -0.39 is 0 Å². The molecular weight excluding hydrogens is 204 g/mol. The van der Waals surface area contributed by atoms with Crippen molar-refractivity contribution in [2.24, 2.45) is 0 Å². The van der Waals surface area contributed by atoms with E-state index in [9.17, 15) is 0 Å². The van der Waals surface area contributed by atoms with Crippen LogP contribution >= 0.6 is 11.6 Å². The van der Waals surface area contributed by atoms with E-state index >= 15 is 0 Å². The van der Waals surface area contributed by atoms with Crippen LogP contribution in [-0.2, 0) is 0 Å². The van der Waals surface area contributed by atoms with Crippen molar-refractivity contribution in [1.29, 1.82) is 0 Å². The molecule has 2 rings (SSSR count). The van der Waals surface area contributed by atoms with Crippen molar-refractivity contribution < 1.29 is 0 Å². The molecule has 0 atom stereocenters. The van der Waals surface area contributed by atoms with Gasteiger partial charge in [0.15, 0.2) is 0 Å². The molecule has 72 valence electrons. The Balaban J connectivity index is 2.49. The van der Waals surface area contributed by atoms with Gasteiger partial charge >= 0.3 is 0 Å². The van der Waals surface area contributed by atoms with Crippen LogP contribution in [0, 0.1) is 13.8 Å². The zero-order valence-corrected chi connectivity index (χ0v) is 8.83. The zero-order valence-electron chi connectivity index (χ0n) is 8.07. The Labute approximate surface area is 95.5 Å². The van der Waals surface area contributed by atoms with Crippen LogP contribution in [0.2, 0.25) is 5.02 Å². The first-order valence-corrected chi connectivity index (χ1v) is 4.95. The molecule has 0 aliphatic rings. The van der Waals surface area contributed by atoms with Gasteiger partial charge in [-0.15, -0.1) is 0 Å². The fourth-order valence-corrected chi connectivity index (χ4v) is 1.70. The first-order chi connectivity index (χ1) is 7.15. The normalized spacial score (nSPS) is 10.3. The van der Waals surface area contributed by atoms with Gasteiger partial charge in [0, 0.05) is 5.02 Å². The summed E-state index contributed by atoms with van der Waals surface area (Å²) in [7, 11) is 0. The molecule has 4 radical (unpaired) electrons. The van der Waals surface area contributed by atoms with Crippen LogP contribution in [0.15, 0.2) is 42.5 Å². The van der Waals surface area contributed by atoms with Crippen LogP contribution in [0.3, 0.4) is 0 Å². The quantitative estimate of drug-likeness (QED) is 0.667. The number of rotatable bonds is 1. The van der Waals surface area contributed by atoms with E-state index in [1.165, 1.54) is 0 Å². The predicted octanol–water partition coefficient (Wildman–Crippen LogP) is 4.13. The second kappa shape index (κ2) is 4.08. The van der Waals surface area contributed by atoms with Crippen LogP contribution < -0.4 is 0 Å². The lowest BCUT2D eigenvalue weighted by Gasteiger charge is -2.04. The fraction of sp³-hybridized carbons (Fsp3) is 0. The van der Waals surface area contributed by atoms with Gasteiger partial charge in [-0.25, -0.2) is 0 Å². The molecule has 0 aliphatic carbocycles. The summed E-state index contributed by atoms with van der Waals surface area (Å²) in [6.07, 6.45) is 0. The summed E-state index contributed by atoms with van der Waals surface area (Å²) in [5, 5.41) is 0.641. The minimum Gasteiger partial charge on any atom is -0.0843 e. The highest BCUT2D eigenvalue weighted by Crippen LogP contribution is 2.24. The largest absolute Gasteiger partial charge is 0.0843 e. The van der Waals surface area contributed by atoms with Crippen LogP contribution in [0.1, 0.15) is 11.1 Å². The van der Waals surface area contributed by atoms with Gasteiger partial charge in [-0.1, -0.05) is 41.9 Å². The molecule has 0 spiro atoms. The molecule has 0 N–H and O–H groups in total. The monoisotopic (exact) mass is 212 g/mol. The molecule has 0 saturated carbocycles. The smallest absolute Gasteiger partial charge is 0.0415 e. The molecule has 0 unspecified atom stereocenters. The van der Waals surface area contributed by atoms with E-state index in [2.05, 4.69) is 0 Å². The van der Waals surface area contributed by atoms with Crippen molar-refractivity contribution in [2.75, 3.05) is 0 Å². The Bertz CT molecular complexity index is 449. The second-order valence-electron chi connectivity index (χ2n) is 3.40. The lowest BCUT2D eigenvalue weighted by atomic mass is 10.0. The SMILES string of the molecule is [CH]c1ccc(-c2cc([CH])cc(Cl)c2)cc1. The molecule has 1 heteroatoms. The Kier molecular flexibility index (Phi) is 2.79. The van der Waals surface area contributed by atoms with Crippen molar-refractivity contribution in [3.05, 3.63) is 72.5 Å². The third kappa shape index (κ3) is 2.40. The maximum absolute atomic E-state index is 5.93. The molecule has 0 amide bonds. The van der Waals surface area contributed by atoms with Gasteiger partial charge in [0.2, 0.25) is 0 Å². The van der Waals surface area contributed by atoms with Crippen molar-refractivity contribution in [1.82, 2.24) is 0 Å². The lowest BCUT2D eigenvalue weighted by Crippen LogP contribution is -1.81. The maximum Gasteiger partial charge on any atom is 0.0415 e. The van der Waals surface area contributed by atoms with Crippen molar-refractivity contribution >= 4 is 11.6 Å². The standard InChI is InChI=1S/C14H9Cl/c1-10-3-5-12(6-4-10)13-7-11(2)8-14(15)9-13/h1-9H.